The molecule has 1 aliphatic heterocycles. The van der Waals surface area contributed by atoms with Gasteiger partial charge in [0.1, 0.15) is 0 Å². The second-order valence-corrected chi connectivity index (χ2v) is 5.49. The van der Waals surface area contributed by atoms with E-state index in [1.807, 2.05) is 6.07 Å². The first-order valence-electron chi connectivity index (χ1n) is 7.50. The summed E-state index contributed by atoms with van der Waals surface area (Å²) in [7, 11) is 0. The number of hydrogen-bond donors (Lipinski definition) is 1. The molecule has 0 saturated carbocycles. The molecule has 1 heterocycles. The fourth-order valence-corrected chi connectivity index (χ4v) is 3.01. The monoisotopic (exact) mass is 266 g/mol. The van der Waals surface area contributed by atoms with E-state index in [2.05, 4.69) is 53.4 Å². The third kappa shape index (κ3) is 2.70. The molecule has 0 bridgehead atoms. The average molecular weight is 266 g/mol. The molecular weight excluding hydrogens is 244 g/mol. The van der Waals surface area contributed by atoms with Crippen molar-refractivity contribution in [3.05, 3.63) is 65.7 Å². The summed E-state index contributed by atoms with van der Waals surface area (Å²) in [6, 6.07) is 18.9. The highest BCUT2D eigenvalue weighted by atomic mass is 15.1. The third-order valence-corrected chi connectivity index (χ3v) is 4.13. The van der Waals surface area contributed by atoms with Gasteiger partial charge in [0.25, 0.3) is 0 Å². The minimum absolute atomic E-state index is 0.0469. The van der Waals surface area contributed by atoms with E-state index in [1.54, 1.807) is 0 Å². The van der Waals surface area contributed by atoms with Gasteiger partial charge in [-0.2, -0.15) is 0 Å². The fraction of sp³-hybridized carbons (Fsp3) is 0.333. The summed E-state index contributed by atoms with van der Waals surface area (Å²) in [6.45, 7) is 2.30. The molecular formula is C18H22N2. The van der Waals surface area contributed by atoms with Crippen molar-refractivity contribution < 1.29 is 0 Å². The number of rotatable bonds is 3. The lowest BCUT2D eigenvalue weighted by Gasteiger charge is -2.32. The number of para-hydroxylation sites is 1. The molecule has 0 spiro atoms. The van der Waals surface area contributed by atoms with Crippen LogP contribution in [0, 0.1) is 0 Å². The second kappa shape index (κ2) is 6.10. The van der Waals surface area contributed by atoms with Crippen LogP contribution in [-0.2, 0) is 0 Å². The smallest absolute Gasteiger partial charge is 0.0572 e. The highest BCUT2D eigenvalue weighted by Crippen LogP contribution is 2.30. The predicted molar refractivity (Wildman–Crippen MR) is 85.0 cm³/mol. The Hall–Kier alpha value is -1.80. The Morgan fingerprint density at radius 3 is 2.20 bits per heavy atom. The van der Waals surface area contributed by atoms with Gasteiger partial charge in [0, 0.05) is 18.8 Å². The SMILES string of the molecule is NC(c1ccccc1)c1ccccc1N1CCCCC1. The maximum Gasteiger partial charge on any atom is 0.0572 e. The van der Waals surface area contributed by atoms with Gasteiger partial charge in [-0.05, 0) is 36.5 Å². The van der Waals surface area contributed by atoms with Crippen LogP contribution in [0.5, 0.6) is 0 Å². The molecule has 1 atom stereocenters. The van der Waals surface area contributed by atoms with Crippen LogP contribution < -0.4 is 10.6 Å². The molecule has 3 rings (SSSR count). The molecule has 1 aliphatic rings. The zero-order valence-corrected chi connectivity index (χ0v) is 11.8. The lowest BCUT2D eigenvalue weighted by atomic mass is 9.96. The Kier molecular flexibility index (Phi) is 4.03. The van der Waals surface area contributed by atoms with Crippen LogP contribution in [-0.4, -0.2) is 13.1 Å². The Morgan fingerprint density at radius 1 is 0.800 bits per heavy atom. The number of benzene rings is 2. The molecule has 2 aromatic rings. The van der Waals surface area contributed by atoms with Gasteiger partial charge < -0.3 is 10.6 Å². The average Bonchev–Trinajstić information content (AvgIpc) is 2.56. The summed E-state index contributed by atoms with van der Waals surface area (Å²) in [5.41, 5.74) is 10.2. The van der Waals surface area contributed by atoms with Crippen molar-refractivity contribution in [2.75, 3.05) is 18.0 Å². The first-order valence-corrected chi connectivity index (χ1v) is 7.50. The fourth-order valence-electron chi connectivity index (χ4n) is 3.01. The van der Waals surface area contributed by atoms with Crippen molar-refractivity contribution >= 4 is 5.69 Å². The first kappa shape index (κ1) is 13.2. The molecule has 0 amide bonds. The molecule has 104 valence electrons. The molecule has 2 nitrogen and oxygen atoms in total. The van der Waals surface area contributed by atoms with Gasteiger partial charge in [-0.3, -0.25) is 0 Å². The van der Waals surface area contributed by atoms with Gasteiger partial charge in [-0.1, -0.05) is 48.5 Å². The normalized spacial score (nSPS) is 16.9. The van der Waals surface area contributed by atoms with Crippen molar-refractivity contribution in [2.45, 2.75) is 25.3 Å². The largest absolute Gasteiger partial charge is 0.371 e. The number of nitrogens with two attached hydrogens (primary N) is 1. The maximum absolute atomic E-state index is 6.50. The van der Waals surface area contributed by atoms with E-state index < -0.39 is 0 Å². The second-order valence-electron chi connectivity index (χ2n) is 5.49. The predicted octanol–water partition coefficient (Wildman–Crippen LogP) is 3.73. The first-order chi connectivity index (χ1) is 9.86. The minimum atomic E-state index is -0.0469. The van der Waals surface area contributed by atoms with Crippen molar-refractivity contribution in [2.24, 2.45) is 5.73 Å². The van der Waals surface area contributed by atoms with E-state index in [0.29, 0.717) is 0 Å². The Balaban J connectivity index is 1.93. The lowest BCUT2D eigenvalue weighted by Crippen LogP contribution is -2.31. The zero-order valence-electron chi connectivity index (χ0n) is 11.8. The third-order valence-electron chi connectivity index (χ3n) is 4.13. The quantitative estimate of drug-likeness (QED) is 0.917. The molecule has 1 unspecified atom stereocenters. The Bertz CT molecular complexity index is 544. The standard InChI is InChI=1S/C18H22N2/c19-18(15-9-3-1-4-10-15)16-11-5-6-12-17(16)20-13-7-2-8-14-20/h1,3-6,9-12,18H,2,7-8,13-14,19H2. The molecule has 1 saturated heterocycles. The molecule has 2 N–H and O–H groups in total. The van der Waals surface area contributed by atoms with E-state index in [9.17, 15) is 0 Å². The van der Waals surface area contributed by atoms with E-state index in [4.69, 9.17) is 5.73 Å². The highest BCUT2D eigenvalue weighted by Gasteiger charge is 2.18. The van der Waals surface area contributed by atoms with Crippen LogP contribution in [0.15, 0.2) is 54.6 Å². The van der Waals surface area contributed by atoms with Crippen LogP contribution in [0.25, 0.3) is 0 Å². The topological polar surface area (TPSA) is 29.3 Å². The zero-order chi connectivity index (χ0) is 13.8. The Labute approximate surface area is 121 Å². The van der Waals surface area contributed by atoms with E-state index in [0.717, 1.165) is 13.1 Å². The van der Waals surface area contributed by atoms with E-state index in [1.165, 1.54) is 36.1 Å². The summed E-state index contributed by atoms with van der Waals surface area (Å²) >= 11 is 0. The summed E-state index contributed by atoms with van der Waals surface area (Å²) in [5.74, 6) is 0. The van der Waals surface area contributed by atoms with Gasteiger partial charge >= 0.3 is 0 Å². The van der Waals surface area contributed by atoms with Gasteiger partial charge in [0.05, 0.1) is 6.04 Å². The van der Waals surface area contributed by atoms with Gasteiger partial charge in [-0.25, -0.2) is 0 Å². The maximum atomic E-state index is 6.50. The van der Waals surface area contributed by atoms with Crippen LogP contribution in [0.2, 0.25) is 0 Å². The number of nitrogens with zero attached hydrogens (tertiary/aromatic N) is 1. The number of hydrogen-bond acceptors (Lipinski definition) is 2. The number of piperidine rings is 1. The van der Waals surface area contributed by atoms with Crippen molar-refractivity contribution in [3.8, 4) is 0 Å². The molecule has 2 aromatic carbocycles. The van der Waals surface area contributed by atoms with Crippen molar-refractivity contribution in [1.82, 2.24) is 0 Å². The van der Waals surface area contributed by atoms with E-state index in [-0.39, 0.29) is 6.04 Å². The summed E-state index contributed by atoms with van der Waals surface area (Å²) < 4.78 is 0. The van der Waals surface area contributed by atoms with Crippen molar-refractivity contribution in [1.29, 1.82) is 0 Å². The molecule has 1 fully saturated rings. The van der Waals surface area contributed by atoms with Crippen LogP contribution in [0.4, 0.5) is 5.69 Å². The molecule has 0 aliphatic carbocycles. The molecule has 0 aromatic heterocycles. The highest BCUT2D eigenvalue weighted by molar-refractivity contribution is 5.57. The summed E-state index contributed by atoms with van der Waals surface area (Å²) in [6.07, 6.45) is 3.92. The van der Waals surface area contributed by atoms with Gasteiger partial charge in [0.15, 0.2) is 0 Å². The van der Waals surface area contributed by atoms with Gasteiger partial charge in [0.2, 0.25) is 0 Å². The van der Waals surface area contributed by atoms with E-state index >= 15 is 0 Å². The Morgan fingerprint density at radius 2 is 1.45 bits per heavy atom. The van der Waals surface area contributed by atoms with Gasteiger partial charge in [-0.15, -0.1) is 0 Å². The summed E-state index contributed by atoms with van der Waals surface area (Å²) in [5, 5.41) is 0. The lowest BCUT2D eigenvalue weighted by molar-refractivity contribution is 0.575. The molecule has 0 radical (unpaired) electrons. The molecule has 2 heteroatoms. The van der Waals surface area contributed by atoms with Crippen LogP contribution >= 0.6 is 0 Å². The number of anilines is 1. The minimum Gasteiger partial charge on any atom is -0.371 e. The summed E-state index contributed by atoms with van der Waals surface area (Å²) in [4.78, 5) is 2.49. The van der Waals surface area contributed by atoms with Crippen LogP contribution in [0.1, 0.15) is 36.4 Å². The van der Waals surface area contributed by atoms with Crippen molar-refractivity contribution in [3.63, 3.8) is 0 Å². The molecule has 20 heavy (non-hydrogen) atoms. The van der Waals surface area contributed by atoms with Crippen LogP contribution in [0.3, 0.4) is 0 Å².